The SMILES string of the molecule is CCCCCCCCCOc1ccc(OC(=O)c2ccc(C(=O)O)cc2)cc1. The second-order valence-corrected chi connectivity index (χ2v) is 6.71. The molecule has 0 unspecified atom stereocenters. The molecular weight excluding hydrogens is 356 g/mol. The van der Waals surface area contributed by atoms with Crippen LogP contribution in [0.15, 0.2) is 48.5 Å². The largest absolute Gasteiger partial charge is 0.494 e. The molecule has 2 aromatic carbocycles. The number of benzene rings is 2. The highest BCUT2D eigenvalue weighted by atomic mass is 16.5. The summed E-state index contributed by atoms with van der Waals surface area (Å²) in [7, 11) is 0. The fraction of sp³-hybridized carbons (Fsp3) is 0.391. The van der Waals surface area contributed by atoms with Crippen molar-refractivity contribution in [3.05, 3.63) is 59.7 Å². The molecule has 0 saturated carbocycles. The summed E-state index contributed by atoms with van der Waals surface area (Å²) in [5.74, 6) is -0.409. The minimum atomic E-state index is -1.04. The Hall–Kier alpha value is -2.82. The highest BCUT2D eigenvalue weighted by molar-refractivity contribution is 5.93. The Morgan fingerprint density at radius 2 is 1.29 bits per heavy atom. The first-order valence-corrected chi connectivity index (χ1v) is 9.88. The Morgan fingerprint density at radius 1 is 0.750 bits per heavy atom. The zero-order chi connectivity index (χ0) is 20.2. The Bertz CT molecular complexity index is 735. The highest BCUT2D eigenvalue weighted by Crippen LogP contribution is 2.19. The number of ether oxygens (including phenoxy) is 2. The van der Waals surface area contributed by atoms with E-state index >= 15 is 0 Å². The van der Waals surface area contributed by atoms with E-state index in [0.29, 0.717) is 17.9 Å². The fourth-order valence-electron chi connectivity index (χ4n) is 2.77. The number of aromatic carboxylic acids is 1. The van der Waals surface area contributed by atoms with Crippen LogP contribution in [0.5, 0.6) is 11.5 Å². The summed E-state index contributed by atoms with van der Waals surface area (Å²) in [6.45, 7) is 2.90. The Morgan fingerprint density at radius 3 is 1.89 bits per heavy atom. The standard InChI is InChI=1S/C23H28O5/c1-2-3-4-5-6-7-8-17-27-20-13-15-21(16-14-20)28-23(26)19-11-9-18(10-12-19)22(24)25/h9-16H,2-8,17H2,1H3,(H,24,25). The molecule has 0 fully saturated rings. The minimum absolute atomic E-state index is 0.124. The van der Waals surface area contributed by atoms with Gasteiger partial charge < -0.3 is 14.6 Å². The maximum absolute atomic E-state index is 12.1. The molecule has 2 rings (SSSR count). The molecule has 0 aromatic heterocycles. The maximum Gasteiger partial charge on any atom is 0.343 e. The summed E-state index contributed by atoms with van der Waals surface area (Å²) in [5.41, 5.74) is 0.420. The number of hydrogen-bond acceptors (Lipinski definition) is 4. The van der Waals surface area contributed by atoms with Gasteiger partial charge in [0.05, 0.1) is 17.7 Å². The topological polar surface area (TPSA) is 72.8 Å². The minimum Gasteiger partial charge on any atom is -0.494 e. The van der Waals surface area contributed by atoms with Gasteiger partial charge in [-0.05, 0) is 55.0 Å². The van der Waals surface area contributed by atoms with Crippen molar-refractivity contribution in [3.8, 4) is 11.5 Å². The summed E-state index contributed by atoms with van der Waals surface area (Å²) in [6, 6.07) is 12.5. The lowest BCUT2D eigenvalue weighted by molar-refractivity contribution is 0.0691. The van der Waals surface area contributed by atoms with Gasteiger partial charge in [0.15, 0.2) is 0 Å². The molecule has 0 aliphatic carbocycles. The number of carboxylic acids is 1. The smallest absolute Gasteiger partial charge is 0.343 e. The van der Waals surface area contributed by atoms with Crippen LogP contribution in [0.4, 0.5) is 0 Å². The molecule has 0 saturated heterocycles. The zero-order valence-corrected chi connectivity index (χ0v) is 16.4. The molecule has 1 N–H and O–H groups in total. The highest BCUT2D eigenvalue weighted by Gasteiger charge is 2.10. The van der Waals surface area contributed by atoms with Crippen LogP contribution in [0.2, 0.25) is 0 Å². The molecule has 5 heteroatoms. The van der Waals surface area contributed by atoms with E-state index in [0.717, 1.165) is 12.2 Å². The molecule has 150 valence electrons. The van der Waals surface area contributed by atoms with Gasteiger partial charge in [-0.15, -0.1) is 0 Å². The van der Waals surface area contributed by atoms with Gasteiger partial charge in [-0.1, -0.05) is 45.4 Å². The predicted molar refractivity (Wildman–Crippen MR) is 108 cm³/mol. The van der Waals surface area contributed by atoms with Gasteiger partial charge in [0.2, 0.25) is 0 Å². The second kappa shape index (κ2) is 11.8. The molecule has 0 heterocycles. The van der Waals surface area contributed by atoms with Crippen LogP contribution in [0.1, 0.15) is 72.6 Å². The molecule has 0 atom stereocenters. The quantitative estimate of drug-likeness (QED) is 0.287. The average molecular weight is 384 g/mol. The van der Waals surface area contributed by atoms with Crippen LogP contribution in [0.25, 0.3) is 0 Å². The van der Waals surface area contributed by atoms with Crippen molar-refractivity contribution < 1.29 is 24.2 Å². The van der Waals surface area contributed by atoms with E-state index in [2.05, 4.69) is 6.92 Å². The molecule has 0 radical (unpaired) electrons. The number of carboxylic acid groups (broad SMARTS) is 1. The summed E-state index contributed by atoms with van der Waals surface area (Å²) < 4.78 is 11.0. The van der Waals surface area contributed by atoms with E-state index in [1.807, 2.05) is 0 Å². The van der Waals surface area contributed by atoms with E-state index in [1.54, 1.807) is 24.3 Å². The molecule has 0 aliphatic rings. The van der Waals surface area contributed by atoms with Gasteiger partial charge in [0.25, 0.3) is 0 Å². The van der Waals surface area contributed by atoms with E-state index < -0.39 is 11.9 Å². The van der Waals surface area contributed by atoms with E-state index in [4.69, 9.17) is 14.6 Å². The van der Waals surface area contributed by atoms with Crippen LogP contribution in [0.3, 0.4) is 0 Å². The third kappa shape index (κ3) is 7.43. The lowest BCUT2D eigenvalue weighted by Gasteiger charge is -2.08. The monoisotopic (exact) mass is 384 g/mol. The zero-order valence-electron chi connectivity index (χ0n) is 16.4. The van der Waals surface area contributed by atoms with Gasteiger partial charge in [0.1, 0.15) is 11.5 Å². The second-order valence-electron chi connectivity index (χ2n) is 6.71. The molecular formula is C23H28O5. The van der Waals surface area contributed by atoms with Crippen LogP contribution in [-0.2, 0) is 0 Å². The maximum atomic E-state index is 12.1. The number of unbranched alkanes of at least 4 members (excludes halogenated alkanes) is 6. The molecule has 28 heavy (non-hydrogen) atoms. The first kappa shape index (κ1) is 21.5. The van der Waals surface area contributed by atoms with Crippen LogP contribution >= 0.6 is 0 Å². The Labute approximate surface area is 166 Å². The van der Waals surface area contributed by atoms with Crippen molar-refractivity contribution in [2.24, 2.45) is 0 Å². The average Bonchev–Trinajstić information content (AvgIpc) is 2.71. The lowest BCUT2D eigenvalue weighted by Crippen LogP contribution is -2.09. The molecule has 0 bridgehead atoms. The number of hydrogen-bond donors (Lipinski definition) is 1. The van der Waals surface area contributed by atoms with Crippen molar-refractivity contribution in [1.82, 2.24) is 0 Å². The van der Waals surface area contributed by atoms with Gasteiger partial charge in [-0.25, -0.2) is 9.59 Å². The van der Waals surface area contributed by atoms with E-state index in [1.165, 1.54) is 62.8 Å². The van der Waals surface area contributed by atoms with Crippen LogP contribution < -0.4 is 9.47 Å². The first-order valence-electron chi connectivity index (χ1n) is 9.88. The number of rotatable bonds is 12. The lowest BCUT2D eigenvalue weighted by atomic mass is 10.1. The Balaban J connectivity index is 1.71. The fourth-order valence-corrected chi connectivity index (χ4v) is 2.77. The van der Waals surface area contributed by atoms with Crippen molar-refractivity contribution in [1.29, 1.82) is 0 Å². The number of carbonyl (C=O) groups excluding carboxylic acids is 1. The number of esters is 1. The van der Waals surface area contributed by atoms with Gasteiger partial charge in [0, 0.05) is 0 Å². The van der Waals surface area contributed by atoms with Gasteiger partial charge in [-0.2, -0.15) is 0 Å². The van der Waals surface area contributed by atoms with Crippen molar-refractivity contribution in [2.45, 2.75) is 51.9 Å². The van der Waals surface area contributed by atoms with E-state index in [9.17, 15) is 9.59 Å². The first-order chi connectivity index (χ1) is 13.6. The van der Waals surface area contributed by atoms with Crippen molar-refractivity contribution in [2.75, 3.05) is 6.61 Å². The normalized spacial score (nSPS) is 10.5. The molecule has 0 amide bonds. The summed E-state index contributed by atoms with van der Waals surface area (Å²) in [4.78, 5) is 23.0. The summed E-state index contributed by atoms with van der Waals surface area (Å²) in [5, 5.41) is 8.88. The molecule has 0 aliphatic heterocycles. The number of carbonyl (C=O) groups is 2. The molecule has 0 spiro atoms. The molecule has 5 nitrogen and oxygen atoms in total. The summed E-state index contributed by atoms with van der Waals surface area (Å²) >= 11 is 0. The predicted octanol–water partition coefficient (Wildman–Crippen LogP) is 5.73. The molecule has 2 aromatic rings. The van der Waals surface area contributed by atoms with Gasteiger partial charge in [-0.3, -0.25) is 0 Å². The Kier molecular flexibility index (Phi) is 9.05. The third-order valence-corrected chi connectivity index (χ3v) is 4.42. The van der Waals surface area contributed by atoms with E-state index in [-0.39, 0.29) is 5.56 Å². The van der Waals surface area contributed by atoms with Crippen LogP contribution in [-0.4, -0.2) is 23.7 Å². The summed E-state index contributed by atoms with van der Waals surface area (Å²) in [6.07, 6.45) is 8.68. The third-order valence-electron chi connectivity index (χ3n) is 4.42. The van der Waals surface area contributed by atoms with Crippen LogP contribution in [0, 0.1) is 0 Å². The van der Waals surface area contributed by atoms with Crippen molar-refractivity contribution >= 4 is 11.9 Å². The van der Waals surface area contributed by atoms with Crippen molar-refractivity contribution in [3.63, 3.8) is 0 Å². The van der Waals surface area contributed by atoms with Gasteiger partial charge >= 0.3 is 11.9 Å².